The van der Waals surface area contributed by atoms with Crippen molar-refractivity contribution in [2.75, 3.05) is 0 Å². The van der Waals surface area contributed by atoms with Gasteiger partial charge >= 0.3 is 0 Å². The Morgan fingerprint density at radius 1 is 1.47 bits per heavy atom. The van der Waals surface area contributed by atoms with E-state index in [0.29, 0.717) is 6.04 Å². The standard InChI is InChI=1S/C15H24N2OS/c1-10(14(18)17-15(2,3)4)16-12-6-5-7-13-11(12)8-9-19-13/h8-10,12,16H,5-7H2,1-4H3,(H,17,18). The smallest absolute Gasteiger partial charge is 0.237 e. The maximum Gasteiger partial charge on any atom is 0.237 e. The second-order valence-electron chi connectivity index (χ2n) is 6.37. The highest BCUT2D eigenvalue weighted by molar-refractivity contribution is 7.10. The lowest BCUT2D eigenvalue weighted by Gasteiger charge is -2.29. The molecule has 3 nitrogen and oxygen atoms in total. The highest BCUT2D eigenvalue weighted by Crippen LogP contribution is 2.33. The van der Waals surface area contributed by atoms with E-state index < -0.39 is 0 Å². The molecule has 19 heavy (non-hydrogen) atoms. The molecule has 106 valence electrons. The number of fused-ring (bicyclic) bond motifs is 1. The monoisotopic (exact) mass is 280 g/mol. The highest BCUT2D eigenvalue weighted by Gasteiger charge is 2.26. The second-order valence-corrected chi connectivity index (χ2v) is 7.37. The quantitative estimate of drug-likeness (QED) is 0.893. The van der Waals surface area contributed by atoms with E-state index >= 15 is 0 Å². The summed E-state index contributed by atoms with van der Waals surface area (Å²) in [6.07, 6.45) is 3.52. The normalized spacial score (nSPS) is 20.7. The SMILES string of the molecule is CC(NC1CCCc2sccc21)C(=O)NC(C)(C)C. The average molecular weight is 280 g/mol. The first-order valence-corrected chi connectivity index (χ1v) is 7.89. The van der Waals surface area contributed by atoms with Gasteiger partial charge in [-0.25, -0.2) is 0 Å². The van der Waals surface area contributed by atoms with Crippen LogP contribution in [0.15, 0.2) is 11.4 Å². The van der Waals surface area contributed by atoms with E-state index in [1.165, 1.54) is 23.3 Å². The van der Waals surface area contributed by atoms with E-state index in [4.69, 9.17) is 0 Å². The van der Waals surface area contributed by atoms with Crippen molar-refractivity contribution < 1.29 is 4.79 Å². The van der Waals surface area contributed by atoms with Crippen LogP contribution in [0.3, 0.4) is 0 Å². The van der Waals surface area contributed by atoms with Gasteiger partial charge in [0.05, 0.1) is 6.04 Å². The average Bonchev–Trinajstić information content (AvgIpc) is 2.75. The van der Waals surface area contributed by atoms with Gasteiger partial charge in [-0.3, -0.25) is 10.1 Å². The maximum atomic E-state index is 12.1. The topological polar surface area (TPSA) is 41.1 Å². The number of thiophene rings is 1. The van der Waals surface area contributed by atoms with Crippen LogP contribution >= 0.6 is 11.3 Å². The van der Waals surface area contributed by atoms with Crippen LogP contribution in [0.4, 0.5) is 0 Å². The number of aryl methyl sites for hydroxylation is 1. The number of hydrogen-bond donors (Lipinski definition) is 2. The Hall–Kier alpha value is -0.870. The van der Waals surface area contributed by atoms with E-state index in [1.807, 2.05) is 39.0 Å². The molecule has 0 aliphatic heterocycles. The van der Waals surface area contributed by atoms with Crippen LogP contribution < -0.4 is 10.6 Å². The molecule has 0 saturated heterocycles. The molecule has 1 aliphatic carbocycles. The first kappa shape index (κ1) is 14.5. The van der Waals surface area contributed by atoms with Gasteiger partial charge in [0, 0.05) is 16.5 Å². The lowest BCUT2D eigenvalue weighted by Crippen LogP contribution is -2.50. The van der Waals surface area contributed by atoms with Crippen molar-refractivity contribution in [1.82, 2.24) is 10.6 Å². The van der Waals surface area contributed by atoms with Gasteiger partial charge in [0.1, 0.15) is 0 Å². The maximum absolute atomic E-state index is 12.1. The number of rotatable bonds is 3. The molecule has 2 atom stereocenters. The Bertz CT molecular complexity index is 447. The summed E-state index contributed by atoms with van der Waals surface area (Å²) in [4.78, 5) is 13.6. The molecule has 1 aromatic heterocycles. The molecule has 0 saturated carbocycles. The zero-order valence-corrected chi connectivity index (χ0v) is 13.1. The first-order valence-electron chi connectivity index (χ1n) is 7.01. The fourth-order valence-electron chi connectivity index (χ4n) is 2.51. The van der Waals surface area contributed by atoms with Crippen molar-refractivity contribution in [2.45, 2.75) is 64.6 Å². The molecule has 0 spiro atoms. The highest BCUT2D eigenvalue weighted by atomic mass is 32.1. The molecular formula is C15H24N2OS. The second kappa shape index (κ2) is 5.63. The van der Waals surface area contributed by atoms with Gasteiger partial charge in [-0.1, -0.05) is 0 Å². The van der Waals surface area contributed by atoms with Crippen LogP contribution in [0.5, 0.6) is 0 Å². The Kier molecular flexibility index (Phi) is 4.31. The predicted molar refractivity (Wildman–Crippen MR) is 80.5 cm³/mol. The molecule has 2 N–H and O–H groups in total. The minimum Gasteiger partial charge on any atom is -0.350 e. The minimum atomic E-state index is -0.173. The number of nitrogens with one attached hydrogen (secondary N) is 2. The third kappa shape index (κ3) is 3.80. The molecule has 1 heterocycles. The molecule has 1 aromatic rings. The van der Waals surface area contributed by atoms with Crippen LogP contribution in [-0.4, -0.2) is 17.5 Å². The Labute approximate surface area is 119 Å². The zero-order valence-electron chi connectivity index (χ0n) is 12.2. The summed E-state index contributed by atoms with van der Waals surface area (Å²) in [6, 6.07) is 2.37. The third-order valence-corrected chi connectivity index (χ3v) is 4.39. The van der Waals surface area contributed by atoms with Crippen LogP contribution in [-0.2, 0) is 11.2 Å². The van der Waals surface area contributed by atoms with Gasteiger partial charge in [-0.05, 0) is 64.0 Å². The lowest BCUT2D eigenvalue weighted by molar-refractivity contribution is -0.124. The summed E-state index contributed by atoms with van der Waals surface area (Å²) < 4.78 is 0. The number of carbonyl (C=O) groups is 1. The molecule has 0 fully saturated rings. The largest absolute Gasteiger partial charge is 0.350 e. The number of carbonyl (C=O) groups excluding carboxylic acids is 1. The van der Waals surface area contributed by atoms with Crippen molar-refractivity contribution in [1.29, 1.82) is 0 Å². The molecule has 2 unspecified atom stereocenters. The predicted octanol–water partition coefficient (Wildman–Crippen LogP) is 3.02. The molecular weight excluding hydrogens is 256 g/mol. The molecule has 1 aliphatic rings. The number of amides is 1. The number of hydrogen-bond acceptors (Lipinski definition) is 3. The van der Waals surface area contributed by atoms with Gasteiger partial charge in [-0.15, -0.1) is 11.3 Å². The minimum absolute atomic E-state index is 0.0786. The van der Waals surface area contributed by atoms with E-state index in [1.54, 1.807) is 0 Å². The molecule has 2 rings (SSSR count). The summed E-state index contributed by atoms with van der Waals surface area (Å²) in [5, 5.41) is 8.66. The van der Waals surface area contributed by atoms with E-state index in [-0.39, 0.29) is 17.5 Å². The van der Waals surface area contributed by atoms with Gasteiger partial charge in [0.2, 0.25) is 5.91 Å². The van der Waals surface area contributed by atoms with Crippen LogP contribution in [0, 0.1) is 0 Å². The van der Waals surface area contributed by atoms with E-state index in [0.717, 1.165) is 6.42 Å². The van der Waals surface area contributed by atoms with Crippen molar-refractivity contribution in [3.8, 4) is 0 Å². The van der Waals surface area contributed by atoms with E-state index in [9.17, 15) is 4.79 Å². The van der Waals surface area contributed by atoms with Crippen LogP contribution in [0.25, 0.3) is 0 Å². The zero-order chi connectivity index (χ0) is 14.0. The summed E-state index contributed by atoms with van der Waals surface area (Å²) >= 11 is 1.83. The Balaban J connectivity index is 1.97. The van der Waals surface area contributed by atoms with Gasteiger partial charge in [-0.2, -0.15) is 0 Å². The first-order chi connectivity index (χ1) is 8.87. The lowest BCUT2D eigenvalue weighted by atomic mass is 9.93. The summed E-state index contributed by atoms with van der Waals surface area (Å²) in [5.41, 5.74) is 1.22. The fourth-order valence-corrected chi connectivity index (χ4v) is 3.50. The molecule has 0 aromatic carbocycles. The summed E-state index contributed by atoms with van der Waals surface area (Å²) in [5.74, 6) is 0.0786. The van der Waals surface area contributed by atoms with Gasteiger partial charge in [0.15, 0.2) is 0 Å². The third-order valence-electron chi connectivity index (χ3n) is 3.39. The van der Waals surface area contributed by atoms with Crippen molar-refractivity contribution in [3.05, 3.63) is 21.9 Å². The molecule has 0 bridgehead atoms. The van der Waals surface area contributed by atoms with Crippen molar-refractivity contribution in [2.24, 2.45) is 0 Å². The Morgan fingerprint density at radius 3 is 2.89 bits per heavy atom. The molecule has 4 heteroatoms. The molecule has 1 amide bonds. The summed E-state index contributed by atoms with van der Waals surface area (Å²) in [6.45, 7) is 7.97. The van der Waals surface area contributed by atoms with Gasteiger partial charge in [0.25, 0.3) is 0 Å². The van der Waals surface area contributed by atoms with E-state index in [2.05, 4.69) is 22.1 Å². The van der Waals surface area contributed by atoms with Gasteiger partial charge < -0.3 is 5.32 Å². The fraction of sp³-hybridized carbons (Fsp3) is 0.667. The summed E-state index contributed by atoms with van der Waals surface area (Å²) in [7, 11) is 0. The van der Waals surface area contributed by atoms with Crippen LogP contribution in [0.2, 0.25) is 0 Å². The van der Waals surface area contributed by atoms with Crippen molar-refractivity contribution >= 4 is 17.2 Å². The van der Waals surface area contributed by atoms with Crippen LogP contribution in [0.1, 0.15) is 57.0 Å². The molecule has 0 radical (unpaired) electrons. The van der Waals surface area contributed by atoms with Crippen molar-refractivity contribution in [3.63, 3.8) is 0 Å². The Morgan fingerprint density at radius 2 is 2.21 bits per heavy atom.